The SMILES string of the molecule is O=C(O)[C@@H]1CSCN1C(=O)NCc1ccccc1Br. The lowest BCUT2D eigenvalue weighted by atomic mass is 10.2. The highest BCUT2D eigenvalue weighted by Crippen LogP contribution is 2.21. The average Bonchev–Trinajstić information content (AvgIpc) is 2.87. The fourth-order valence-electron chi connectivity index (χ4n) is 1.76. The zero-order chi connectivity index (χ0) is 13.8. The maximum Gasteiger partial charge on any atom is 0.327 e. The van der Waals surface area contributed by atoms with Crippen molar-refractivity contribution in [2.45, 2.75) is 12.6 Å². The third-order valence-corrected chi connectivity index (χ3v) is 4.60. The zero-order valence-corrected chi connectivity index (χ0v) is 12.4. The molecule has 0 saturated carbocycles. The molecule has 1 heterocycles. The number of nitrogens with one attached hydrogen (secondary N) is 1. The molecule has 0 unspecified atom stereocenters. The number of hydrogen-bond acceptors (Lipinski definition) is 3. The Labute approximate surface area is 123 Å². The topological polar surface area (TPSA) is 69.6 Å². The minimum atomic E-state index is -0.957. The van der Waals surface area contributed by atoms with Crippen LogP contribution in [-0.4, -0.2) is 39.7 Å². The number of carbonyl (C=O) groups is 2. The van der Waals surface area contributed by atoms with E-state index in [4.69, 9.17) is 5.11 Å². The number of benzene rings is 1. The second-order valence-electron chi connectivity index (χ2n) is 4.07. The minimum absolute atomic E-state index is 0.340. The zero-order valence-electron chi connectivity index (χ0n) is 10.0. The number of urea groups is 1. The van der Waals surface area contributed by atoms with Crippen molar-refractivity contribution in [3.05, 3.63) is 34.3 Å². The van der Waals surface area contributed by atoms with Crippen molar-refractivity contribution in [1.29, 1.82) is 0 Å². The number of aliphatic carboxylic acids is 1. The van der Waals surface area contributed by atoms with E-state index in [1.807, 2.05) is 24.3 Å². The number of thioether (sulfide) groups is 1. The van der Waals surface area contributed by atoms with Gasteiger partial charge in [-0.3, -0.25) is 0 Å². The Morgan fingerprint density at radius 1 is 1.47 bits per heavy atom. The second kappa shape index (κ2) is 6.29. The number of rotatable bonds is 3. The number of carboxylic acid groups (broad SMARTS) is 1. The van der Waals surface area contributed by atoms with Gasteiger partial charge in [0.05, 0.1) is 5.88 Å². The summed E-state index contributed by atoms with van der Waals surface area (Å²) >= 11 is 4.85. The molecule has 1 aliphatic rings. The van der Waals surface area contributed by atoms with Gasteiger partial charge in [-0.1, -0.05) is 34.1 Å². The molecule has 1 atom stereocenters. The van der Waals surface area contributed by atoms with Crippen molar-refractivity contribution in [3.8, 4) is 0 Å². The van der Waals surface area contributed by atoms with Crippen LogP contribution >= 0.6 is 27.7 Å². The van der Waals surface area contributed by atoms with E-state index in [0.29, 0.717) is 18.2 Å². The lowest BCUT2D eigenvalue weighted by Crippen LogP contribution is -2.46. The van der Waals surface area contributed by atoms with E-state index in [1.54, 1.807) is 0 Å². The molecule has 5 nitrogen and oxygen atoms in total. The molecule has 1 aromatic rings. The molecule has 1 aromatic carbocycles. The molecule has 0 aliphatic carbocycles. The maximum absolute atomic E-state index is 12.0. The van der Waals surface area contributed by atoms with Crippen LogP contribution in [0.2, 0.25) is 0 Å². The van der Waals surface area contributed by atoms with Gasteiger partial charge >= 0.3 is 12.0 Å². The Morgan fingerprint density at radius 2 is 2.21 bits per heavy atom. The molecule has 1 saturated heterocycles. The third kappa shape index (κ3) is 3.42. The van der Waals surface area contributed by atoms with Crippen LogP contribution in [0.15, 0.2) is 28.7 Å². The Morgan fingerprint density at radius 3 is 2.89 bits per heavy atom. The molecule has 1 aliphatic heterocycles. The minimum Gasteiger partial charge on any atom is -0.480 e. The summed E-state index contributed by atoms with van der Waals surface area (Å²) in [6, 6.07) is 6.51. The average molecular weight is 345 g/mol. The first-order valence-corrected chi connectivity index (χ1v) is 7.63. The van der Waals surface area contributed by atoms with Crippen LogP contribution in [0.1, 0.15) is 5.56 Å². The van der Waals surface area contributed by atoms with Gasteiger partial charge in [0.15, 0.2) is 0 Å². The molecule has 7 heteroatoms. The number of hydrogen-bond donors (Lipinski definition) is 2. The van der Waals surface area contributed by atoms with Gasteiger partial charge in [-0.25, -0.2) is 9.59 Å². The summed E-state index contributed by atoms with van der Waals surface area (Å²) in [7, 11) is 0. The Balaban J connectivity index is 1.95. The number of carbonyl (C=O) groups excluding carboxylic acids is 1. The normalized spacial score (nSPS) is 18.4. The number of carboxylic acids is 1. The van der Waals surface area contributed by atoms with E-state index in [1.165, 1.54) is 16.7 Å². The highest BCUT2D eigenvalue weighted by molar-refractivity contribution is 9.10. The molecule has 0 aromatic heterocycles. The number of amides is 2. The molecular weight excluding hydrogens is 332 g/mol. The summed E-state index contributed by atoms with van der Waals surface area (Å²) in [6.07, 6.45) is 0. The van der Waals surface area contributed by atoms with Crippen molar-refractivity contribution >= 4 is 39.7 Å². The van der Waals surface area contributed by atoms with Crippen molar-refractivity contribution in [1.82, 2.24) is 10.2 Å². The third-order valence-electron chi connectivity index (χ3n) is 2.82. The highest BCUT2D eigenvalue weighted by Gasteiger charge is 2.34. The molecule has 0 radical (unpaired) electrons. The molecule has 19 heavy (non-hydrogen) atoms. The monoisotopic (exact) mass is 344 g/mol. The van der Waals surface area contributed by atoms with E-state index < -0.39 is 12.0 Å². The van der Waals surface area contributed by atoms with Crippen molar-refractivity contribution in [2.24, 2.45) is 0 Å². The molecule has 2 rings (SSSR count). The van der Waals surface area contributed by atoms with E-state index in [9.17, 15) is 9.59 Å². The van der Waals surface area contributed by atoms with Crippen LogP contribution < -0.4 is 5.32 Å². The molecule has 0 bridgehead atoms. The van der Waals surface area contributed by atoms with Crippen molar-refractivity contribution in [3.63, 3.8) is 0 Å². The first-order valence-electron chi connectivity index (χ1n) is 5.68. The summed E-state index contributed by atoms with van der Waals surface area (Å²) in [5, 5.41) is 11.8. The highest BCUT2D eigenvalue weighted by atomic mass is 79.9. The smallest absolute Gasteiger partial charge is 0.327 e. The predicted molar refractivity (Wildman–Crippen MR) is 77.0 cm³/mol. The first-order chi connectivity index (χ1) is 9.09. The summed E-state index contributed by atoms with van der Waals surface area (Å²) < 4.78 is 0.917. The van der Waals surface area contributed by atoms with Crippen LogP contribution in [0.3, 0.4) is 0 Å². The summed E-state index contributed by atoms with van der Waals surface area (Å²) in [5.74, 6) is -0.0997. The summed E-state index contributed by atoms with van der Waals surface area (Å²) in [5.41, 5.74) is 0.953. The standard InChI is InChI=1S/C12H13BrN2O3S/c13-9-4-2-1-3-8(9)5-14-12(18)15-7-19-6-10(15)11(16)17/h1-4,10H,5-7H2,(H,14,18)(H,16,17)/t10-/m0/s1. The van der Waals surface area contributed by atoms with Crippen LogP contribution in [0, 0.1) is 0 Å². The predicted octanol–water partition coefficient (Wildman–Crippen LogP) is 2.12. The molecular formula is C12H13BrN2O3S. The second-order valence-corrected chi connectivity index (χ2v) is 5.93. The van der Waals surface area contributed by atoms with Gasteiger partial charge < -0.3 is 15.3 Å². The van der Waals surface area contributed by atoms with E-state index in [2.05, 4.69) is 21.2 Å². The number of halogens is 1. The van der Waals surface area contributed by atoms with Gasteiger partial charge in [0.1, 0.15) is 6.04 Å². The lowest BCUT2D eigenvalue weighted by molar-refractivity contribution is -0.140. The van der Waals surface area contributed by atoms with Gasteiger partial charge in [-0.15, -0.1) is 11.8 Å². The van der Waals surface area contributed by atoms with Crippen LogP contribution in [0.25, 0.3) is 0 Å². The summed E-state index contributed by atoms with van der Waals surface area (Å²) in [4.78, 5) is 24.3. The van der Waals surface area contributed by atoms with Crippen molar-refractivity contribution in [2.75, 3.05) is 11.6 Å². The quantitative estimate of drug-likeness (QED) is 0.881. The molecule has 0 spiro atoms. The van der Waals surface area contributed by atoms with Crippen LogP contribution in [0.5, 0.6) is 0 Å². The van der Waals surface area contributed by atoms with Crippen LogP contribution in [0.4, 0.5) is 4.79 Å². The Kier molecular flexibility index (Phi) is 4.71. The number of nitrogens with zero attached hydrogens (tertiary/aromatic N) is 1. The molecule has 2 amide bonds. The Hall–Kier alpha value is -1.21. The van der Waals surface area contributed by atoms with Gasteiger partial charge in [-0.05, 0) is 11.6 Å². The van der Waals surface area contributed by atoms with Gasteiger partial charge in [0.2, 0.25) is 0 Å². The van der Waals surface area contributed by atoms with Crippen LogP contribution in [-0.2, 0) is 11.3 Å². The van der Waals surface area contributed by atoms with E-state index in [0.717, 1.165) is 10.0 Å². The molecule has 1 fully saturated rings. The van der Waals surface area contributed by atoms with Crippen molar-refractivity contribution < 1.29 is 14.7 Å². The largest absolute Gasteiger partial charge is 0.480 e. The van der Waals surface area contributed by atoms with Gasteiger partial charge in [0, 0.05) is 16.8 Å². The lowest BCUT2D eigenvalue weighted by Gasteiger charge is -2.21. The van der Waals surface area contributed by atoms with Gasteiger partial charge in [-0.2, -0.15) is 0 Å². The Bertz CT molecular complexity index is 498. The maximum atomic E-state index is 12.0. The summed E-state index contributed by atoms with van der Waals surface area (Å²) in [6.45, 7) is 0.369. The van der Waals surface area contributed by atoms with E-state index >= 15 is 0 Å². The molecule has 2 N–H and O–H groups in total. The first kappa shape index (κ1) is 14.2. The fourth-order valence-corrected chi connectivity index (χ4v) is 3.33. The van der Waals surface area contributed by atoms with Gasteiger partial charge in [0.25, 0.3) is 0 Å². The fraction of sp³-hybridized carbons (Fsp3) is 0.333. The van der Waals surface area contributed by atoms with E-state index in [-0.39, 0.29) is 6.03 Å². The molecule has 102 valence electrons.